The van der Waals surface area contributed by atoms with Gasteiger partial charge in [-0.05, 0) is 47.5 Å². The predicted octanol–water partition coefficient (Wildman–Crippen LogP) is 4.74. The molecule has 0 radical (unpaired) electrons. The van der Waals surface area contributed by atoms with Crippen molar-refractivity contribution in [3.63, 3.8) is 0 Å². The van der Waals surface area contributed by atoms with Crippen LogP contribution in [0, 0.1) is 0 Å². The van der Waals surface area contributed by atoms with E-state index in [4.69, 9.17) is 23.2 Å². The Kier molecular flexibility index (Phi) is 7.71. The number of hydrogen-bond donors (Lipinski definition) is 2. The predicted molar refractivity (Wildman–Crippen MR) is 123 cm³/mol. The molecule has 3 aromatic carbocycles. The lowest BCUT2D eigenvalue weighted by Crippen LogP contribution is -2.32. The zero-order valence-electron chi connectivity index (χ0n) is 15.7. The average Bonchev–Trinajstić information content (AvgIpc) is 2.77. The molecule has 150 valence electrons. The Bertz CT molecular complexity index is 1000. The fraction of sp³-hybridized carbons (Fsp3) is 0. The van der Waals surface area contributed by atoms with Crippen molar-refractivity contribution in [3.8, 4) is 0 Å². The summed E-state index contributed by atoms with van der Waals surface area (Å²) in [7, 11) is 0. The number of amides is 1. The highest BCUT2D eigenvalue weighted by molar-refractivity contribution is 6.30. The van der Waals surface area contributed by atoms with Crippen LogP contribution < -0.4 is 10.9 Å². The highest BCUT2D eigenvalue weighted by Crippen LogP contribution is 2.08. The molecular weight excluding hydrogens is 421 g/mol. The molecule has 6 nitrogen and oxygen atoms in total. The van der Waals surface area contributed by atoms with Crippen molar-refractivity contribution in [1.29, 1.82) is 0 Å². The first-order valence-electron chi connectivity index (χ1n) is 8.87. The van der Waals surface area contributed by atoms with Crippen LogP contribution in [0.2, 0.25) is 10.0 Å². The van der Waals surface area contributed by atoms with Crippen LogP contribution in [0.15, 0.2) is 94.1 Å². The molecule has 0 heterocycles. The van der Waals surface area contributed by atoms with Crippen molar-refractivity contribution in [3.05, 3.63) is 106 Å². The minimum absolute atomic E-state index is 0.0688. The first-order valence-corrected chi connectivity index (χ1v) is 9.63. The number of benzene rings is 3. The fourth-order valence-corrected chi connectivity index (χ4v) is 2.51. The summed E-state index contributed by atoms with van der Waals surface area (Å²) in [6.45, 7) is 0. The maximum absolute atomic E-state index is 12.4. The van der Waals surface area contributed by atoms with Crippen molar-refractivity contribution >= 4 is 47.5 Å². The molecule has 2 N–H and O–H groups in total. The lowest BCUT2D eigenvalue weighted by atomic mass is 10.2. The van der Waals surface area contributed by atoms with Gasteiger partial charge in [0.2, 0.25) is 5.96 Å². The Labute approximate surface area is 183 Å². The zero-order valence-corrected chi connectivity index (χ0v) is 17.2. The van der Waals surface area contributed by atoms with E-state index < -0.39 is 5.91 Å². The molecule has 0 bridgehead atoms. The minimum atomic E-state index is -0.436. The summed E-state index contributed by atoms with van der Waals surface area (Å²) in [6.07, 6.45) is 3.15. The van der Waals surface area contributed by atoms with E-state index in [0.29, 0.717) is 15.6 Å². The number of halogens is 2. The molecule has 0 aliphatic rings. The minimum Gasteiger partial charge on any atom is -0.267 e. The molecule has 0 fully saturated rings. The second kappa shape index (κ2) is 10.9. The van der Waals surface area contributed by atoms with E-state index in [9.17, 15) is 4.79 Å². The second-order valence-electron chi connectivity index (χ2n) is 5.97. The molecule has 0 atom stereocenters. The van der Waals surface area contributed by atoms with Crippen LogP contribution in [-0.4, -0.2) is 24.3 Å². The van der Waals surface area contributed by atoms with Gasteiger partial charge in [-0.25, -0.2) is 10.9 Å². The molecular formula is C22H17Cl2N5O. The molecule has 0 aliphatic carbocycles. The van der Waals surface area contributed by atoms with Crippen LogP contribution in [0.3, 0.4) is 0 Å². The molecule has 0 saturated heterocycles. The Morgan fingerprint density at radius 2 is 1.17 bits per heavy atom. The Balaban J connectivity index is 1.73. The summed E-state index contributed by atoms with van der Waals surface area (Å²) in [6, 6.07) is 23.0. The lowest BCUT2D eigenvalue weighted by molar-refractivity contribution is 0.100. The normalized spacial score (nSPS) is 10.9. The Hall–Kier alpha value is -3.48. The Morgan fingerprint density at radius 1 is 0.700 bits per heavy atom. The first kappa shape index (κ1) is 21.2. The number of guanidine groups is 1. The molecule has 8 heteroatoms. The topological polar surface area (TPSA) is 78.2 Å². The van der Waals surface area contributed by atoms with E-state index in [1.165, 1.54) is 0 Å². The van der Waals surface area contributed by atoms with Gasteiger partial charge >= 0.3 is 0 Å². The van der Waals surface area contributed by atoms with E-state index >= 15 is 0 Å². The smallest absolute Gasteiger partial charge is 0.267 e. The van der Waals surface area contributed by atoms with E-state index in [1.807, 2.05) is 30.3 Å². The van der Waals surface area contributed by atoms with Gasteiger partial charge in [-0.15, -0.1) is 0 Å². The molecule has 0 unspecified atom stereocenters. The van der Waals surface area contributed by atoms with Crippen LogP contribution in [0.4, 0.5) is 0 Å². The summed E-state index contributed by atoms with van der Waals surface area (Å²) in [5, 5.41) is 9.47. The highest BCUT2D eigenvalue weighted by atomic mass is 35.5. The van der Waals surface area contributed by atoms with Gasteiger partial charge in [0.15, 0.2) is 0 Å². The van der Waals surface area contributed by atoms with Crippen molar-refractivity contribution in [1.82, 2.24) is 10.9 Å². The number of rotatable bonds is 5. The number of carbonyl (C=O) groups excluding carboxylic acids is 1. The molecule has 1 amide bonds. The van der Waals surface area contributed by atoms with Crippen LogP contribution in [0.5, 0.6) is 0 Å². The number of hydrazone groups is 2. The summed E-state index contributed by atoms with van der Waals surface area (Å²) in [5.74, 6) is -0.367. The van der Waals surface area contributed by atoms with Gasteiger partial charge in [0, 0.05) is 15.6 Å². The van der Waals surface area contributed by atoms with Crippen molar-refractivity contribution < 1.29 is 4.79 Å². The summed E-state index contributed by atoms with van der Waals surface area (Å²) in [5.41, 5.74) is 7.49. The summed E-state index contributed by atoms with van der Waals surface area (Å²) in [4.78, 5) is 16.4. The van der Waals surface area contributed by atoms with Gasteiger partial charge in [-0.2, -0.15) is 15.2 Å². The van der Waals surface area contributed by atoms with E-state index in [-0.39, 0.29) is 5.96 Å². The maximum Gasteiger partial charge on any atom is 0.280 e. The van der Waals surface area contributed by atoms with Gasteiger partial charge in [0.25, 0.3) is 5.91 Å². The van der Waals surface area contributed by atoms with Crippen molar-refractivity contribution in [2.75, 3.05) is 0 Å². The SMILES string of the molecule is O=C(N=C(N/N=C/c1ccc(Cl)cc1)N/N=C/c1ccc(Cl)cc1)c1ccccc1. The monoisotopic (exact) mass is 437 g/mol. The third-order valence-electron chi connectivity index (χ3n) is 3.74. The van der Waals surface area contributed by atoms with E-state index in [1.54, 1.807) is 61.0 Å². The van der Waals surface area contributed by atoms with Crippen LogP contribution >= 0.6 is 23.2 Å². The van der Waals surface area contributed by atoms with E-state index in [0.717, 1.165) is 11.1 Å². The molecule has 3 rings (SSSR count). The van der Waals surface area contributed by atoms with Gasteiger partial charge in [0.05, 0.1) is 12.4 Å². The molecule has 0 aromatic heterocycles. The average molecular weight is 438 g/mol. The second-order valence-corrected chi connectivity index (χ2v) is 6.85. The highest BCUT2D eigenvalue weighted by Gasteiger charge is 2.05. The molecule has 3 aromatic rings. The van der Waals surface area contributed by atoms with E-state index in [2.05, 4.69) is 26.0 Å². The van der Waals surface area contributed by atoms with Crippen LogP contribution in [0.25, 0.3) is 0 Å². The number of aliphatic imine (C=N–C) groups is 1. The number of hydrogen-bond acceptors (Lipinski definition) is 3. The third-order valence-corrected chi connectivity index (χ3v) is 4.25. The molecule has 30 heavy (non-hydrogen) atoms. The largest absolute Gasteiger partial charge is 0.280 e. The van der Waals surface area contributed by atoms with Gasteiger partial charge in [-0.3, -0.25) is 4.79 Å². The van der Waals surface area contributed by atoms with Crippen LogP contribution in [0.1, 0.15) is 21.5 Å². The van der Waals surface area contributed by atoms with Gasteiger partial charge in [-0.1, -0.05) is 65.7 Å². The number of carbonyl (C=O) groups is 1. The van der Waals surface area contributed by atoms with Crippen molar-refractivity contribution in [2.45, 2.75) is 0 Å². The number of nitrogens with one attached hydrogen (secondary N) is 2. The van der Waals surface area contributed by atoms with Gasteiger partial charge in [0.1, 0.15) is 0 Å². The molecule has 0 saturated carbocycles. The number of nitrogens with zero attached hydrogens (tertiary/aromatic N) is 3. The lowest BCUT2D eigenvalue weighted by Gasteiger charge is -2.04. The van der Waals surface area contributed by atoms with Crippen LogP contribution in [-0.2, 0) is 0 Å². The van der Waals surface area contributed by atoms with Crippen molar-refractivity contribution in [2.24, 2.45) is 15.2 Å². The maximum atomic E-state index is 12.4. The standard InChI is InChI=1S/C22H17Cl2N5O/c23-19-10-6-16(7-11-19)14-25-28-22(27-21(30)18-4-2-1-3-5-18)29-26-15-17-8-12-20(24)13-9-17/h1-15H,(H2,27,28,29,30)/b25-14+,26-15+. The molecule has 0 spiro atoms. The summed E-state index contributed by atoms with van der Waals surface area (Å²) >= 11 is 11.8. The summed E-state index contributed by atoms with van der Waals surface area (Å²) < 4.78 is 0. The first-order chi connectivity index (χ1) is 14.6. The zero-order chi connectivity index (χ0) is 21.2. The quantitative estimate of drug-likeness (QED) is 0.343. The third kappa shape index (κ3) is 6.84. The van der Waals surface area contributed by atoms with Gasteiger partial charge < -0.3 is 0 Å². The molecule has 0 aliphatic heterocycles. The fourth-order valence-electron chi connectivity index (χ4n) is 2.26. The Morgan fingerprint density at radius 3 is 1.63 bits per heavy atom.